The molecule has 1 N–H and O–H groups in total. The van der Waals surface area contributed by atoms with Crippen LogP contribution in [0.15, 0.2) is 18.2 Å². The summed E-state index contributed by atoms with van der Waals surface area (Å²) in [6.07, 6.45) is 9.92. The van der Waals surface area contributed by atoms with Crippen LogP contribution in [0.1, 0.15) is 50.5 Å². The van der Waals surface area contributed by atoms with E-state index in [1.165, 1.54) is 51.0 Å². The van der Waals surface area contributed by atoms with Gasteiger partial charge < -0.3 is 5.32 Å². The Kier molecular flexibility index (Phi) is 6.31. The zero-order chi connectivity index (χ0) is 14.4. The van der Waals surface area contributed by atoms with Crippen molar-refractivity contribution in [2.45, 2.75) is 57.4 Å². The fraction of sp³-hybridized carbons (Fsp3) is 0.647. The van der Waals surface area contributed by atoms with Gasteiger partial charge in [-0.2, -0.15) is 0 Å². The summed E-state index contributed by atoms with van der Waals surface area (Å²) >= 11 is 5.99. The molecule has 0 aliphatic heterocycles. The molecule has 1 aromatic rings. The van der Waals surface area contributed by atoms with Gasteiger partial charge >= 0.3 is 0 Å². The summed E-state index contributed by atoms with van der Waals surface area (Å²) in [6, 6.07) is 5.21. The van der Waals surface area contributed by atoms with Gasteiger partial charge in [-0.05, 0) is 56.0 Å². The topological polar surface area (TPSA) is 12.0 Å². The molecule has 0 bridgehead atoms. The molecule has 1 aromatic carbocycles. The summed E-state index contributed by atoms with van der Waals surface area (Å²) in [6.45, 7) is 0. The SMILES string of the molecule is CNC(Cc1cc(Cl)ccc1F)C1CCCCCCC1. The summed E-state index contributed by atoms with van der Waals surface area (Å²) in [4.78, 5) is 0. The smallest absolute Gasteiger partial charge is 0.126 e. The van der Waals surface area contributed by atoms with Crippen molar-refractivity contribution in [2.75, 3.05) is 7.05 Å². The Bertz CT molecular complexity index is 413. The second-order valence-corrected chi connectivity index (χ2v) is 6.38. The van der Waals surface area contributed by atoms with Crippen molar-refractivity contribution in [3.8, 4) is 0 Å². The number of likely N-dealkylation sites (N-methyl/N-ethyl adjacent to an activating group) is 1. The number of benzene rings is 1. The normalized spacial score (nSPS) is 19.4. The highest BCUT2D eigenvalue weighted by Crippen LogP contribution is 2.27. The number of halogens is 2. The minimum absolute atomic E-state index is 0.138. The number of hydrogen-bond acceptors (Lipinski definition) is 1. The van der Waals surface area contributed by atoms with Gasteiger partial charge in [0.1, 0.15) is 5.82 Å². The second kappa shape index (κ2) is 7.99. The van der Waals surface area contributed by atoms with E-state index in [1.807, 2.05) is 7.05 Å². The van der Waals surface area contributed by atoms with Gasteiger partial charge in [-0.15, -0.1) is 0 Å². The minimum Gasteiger partial charge on any atom is -0.316 e. The van der Waals surface area contributed by atoms with Crippen LogP contribution < -0.4 is 5.32 Å². The van der Waals surface area contributed by atoms with E-state index in [-0.39, 0.29) is 5.82 Å². The Labute approximate surface area is 126 Å². The number of hydrogen-bond donors (Lipinski definition) is 1. The first-order chi connectivity index (χ1) is 9.70. The lowest BCUT2D eigenvalue weighted by Crippen LogP contribution is -2.36. The first-order valence-corrected chi connectivity index (χ1v) is 8.19. The maximum Gasteiger partial charge on any atom is 0.126 e. The molecule has 1 aliphatic rings. The molecule has 1 atom stereocenters. The largest absolute Gasteiger partial charge is 0.316 e. The maximum atomic E-state index is 13.9. The summed E-state index contributed by atoms with van der Waals surface area (Å²) in [5.74, 6) is 0.513. The third kappa shape index (κ3) is 4.46. The Morgan fingerprint density at radius 1 is 1.20 bits per heavy atom. The van der Waals surface area contributed by atoms with Gasteiger partial charge in [-0.1, -0.05) is 43.7 Å². The quantitative estimate of drug-likeness (QED) is 0.827. The zero-order valence-electron chi connectivity index (χ0n) is 12.3. The van der Waals surface area contributed by atoms with Crippen LogP contribution in [0.4, 0.5) is 4.39 Å². The highest BCUT2D eigenvalue weighted by atomic mass is 35.5. The van der Waals surface area contributed by atoms with E-state index in [1.54, 1.807) is 12.1 Å². The van der Waals surface area contributed by atoms with Gasteiger partial charge in [-0.25, -0.2) is 4.39 Å². The minimum atomic E-state index is -0.138. The molecular formula is C17H25ClFN. The molecule has 0 spiro atoms. The Morgan fingerprint density at radius 2 is 1.85 bits per heavy atom. The van der Waals surface area contributed by atoms with E-state index < -0.39 is 0 Å². The highest BCUT2D eigenvalue weighted by molar-refractivity contribution is 6.30. The standard InChI is InChI=1S/C17H25ClFN/c1-20-17(13-7-5-3-2-4-6-8-13)12-14-11-15(18)9-10-16(14)19/h9-11,13,17,20H,2-8,12H2,1H3. The third-order valence-electron chi connectivity index (χ3n) is 4.54. The fourth-order valence-electron chi connectivity index (χ4n) is 3.33. The van der Waals surface area contributed by atoms with Crippen molar-refractivity contribution in [1.82, 2.24) is 5.32 Å². The molecular weight excluding hydrogens is 273 g/mol. The van der Waals surface area contributed by atoms with Gasteiger partial charge in [0.05, 0.1) is 0 Å². The van der Waals surface area contributed by atoms with Gasteiger partial charge in [0.15, 0.2) is 0 Å². The zero-order valence-corrected chi connectivity index (χ0v) is 13.1. The highest BCUT2D eigenvalue weighted by Gasteiger charge is 2.22. The molecule has 20 heavy (non-hydrogen) atoms. The van der Waals surface area contributed by atoms with E-state index in [0.717, 1.165) is 12.0 Å². The van der Waals surface area contributed by atoms with Crippen molar-refractivity contribution in [3.05, 3.63) is 34.6 Å². The van der Waals surface area contributed by atoms with Crippen LogP contribution in [0.2, 0.25) is 5.02 Å². The predicted molar refractivity (Wildman–Crippen MR) is 83.8 cm³/mol. The van der Waals surface area contributed by atoms with Crippen LogP contribution in [-0.2, 0) is 6.42 Å². The van der Waals surface area contributed by atoms with Crippen molar-refractivity contribution in [2.24, 2.45) is 5.92 Å². The van der Waals surface area contributed by atoms with Gasteiger partial charge in [-0.3, -0.25) is 0 Å². The Balaban J connectivity index is 2.04. The summed E-state index contributed by atoms with van der Waals surface area (Å²) in [7, 11) is 1.99. The van der Waals surface area contributed by atoms with E-state index in [0.29, 0.717) is 17.0 Å². The number of nitrogens with one attached hydrogen (secondary N) is 1. The third-order valence-corrected chi connectivity index (χ3v) is 4.77. The van der Waals surface area contributed by atoms with Crippen LogP contribution >= 0.6 is 11.6 Å². The van der Waals surface area contributed by atoms with Crippen molar-refractivity contribution in [3.63, 3.8) is 0 Å². The second-order valence-electron chi connectivity index (χ2n) is 5.94. The van der Waals surface area contributed by atoms with Gasteiger partial charge in [0.2, 0.25) is 0 Å². The molecule has 1 fully saturated rings. The van der Waals surface area contributed by atoms with E-state index in [9.17, 15) is 4.39 Å². The lowest BCUT2D eigenvalue weighted by molar-refractivity contribution is 0.292. The predicted octanol–water partition coefficient (Wildman–Crippen LogP) is 4.97. The maximum absolute atomic E-state index is 13.9. The lowest BCUT2D eigenvalue weighted by atomic mass is 9.83. The van der Waals surface area contributed by atoms with Gasteiger partial charge in [0, 0.05) is 11.1 Å². The summed E-state index contributed by atoms with van der Waals surface area (Å²) in [5.41, 5.74) is 0.735. The fourth-order valence-corrected chi connectivity index (χ4v) is 3.53. The molecule has 3 heteroatoms. The first kappa shape index (κ1) is 15.8. The molecule has 0 radical (unpaired) electrons. The molecule has 1 nitrogen and oxygen atoms in total. The summed E-state index contributed by atoms with van der Waals surface area (Å²) < 4.78 is 13.9. The Morgan fingerprint density at radius 3 is 2.50 bits per heavy atom. The Hall–Kier alpha value is -0.600. The molecule has 0 heterocycles. The van der Waals surface area contributed by atoms with Crippen LogP contribution in [-0.4, -0.2) is 13.1 Å². The lowest BCUT2D eigenvalue weighted by Gasteiger charge is -2.29. The van der Waals surface area contributed by atoms with Crippen molar-refractivity contribution >= 4 is 11.6 Å². The van der Waals surface area contributed by atoms with Crippen LogP contribution in [0.5, 0.6) is 0 Å². The van der Waals surface area contributed by atoms with E-state index in [2.05, 4.69) is 5.32 Å². The molecule has 0 amide bonds. The summed E-state index contributed by atoms with van der Waals surface area (Å²) in [5, 5.41) is 4.02. The first-order valence-electron chi connectivity index (χ1n) is 7.82. The monoisotopic (exact) mass is 297 g/mol. The molecule has 1 saturated carbocycles. The van der Waals surface area contributed by atoms with Crippen molar-refractivity contribution in [1.29, 1.82) is 0 Å². The van der Waals surface area contributed by atoms with Gasteiger partial charge in [0.25, 0.3) is 0 Å². The van der Waals surface area contributed by atoms with Crippen LogP contribution in [0, 0.1) is 11.7 Å². The molecule has 0 saturated heterocycles. The molecule has 112 valence electrons. The van der Waals surface area contributed by atoms with E-state index >= 15 is 0 Å². The molecule has 0 aromatic heterocycles. The molecule has 1 aliphatic carbocycles. The van der Waals surface area contributed by atoms with Crippen LogP contribution in [0.3, 0.4) is 0 Å². The average molecular weight is 298 g/mol. The molecule has 2 rings (SSSR count). The number of rotatable bonds is 4. The average Bonchev–Trinajstić information content (AvgIpc) is 2.40. The van der Waals surface area contributed by atoms with Crippen LogP contribution in [0.25, 0.3) is 0 Å². The van der Waals surface area contributed by atoms with Crippen molar-refractivity contribution < 1.29 is 4.39 Å². The molecule has 1 unspecified atom stereocenters. The van der Waals surface area contributed by atoms with E-state index in [4.69, 9.17) is 11.6 Å².